The Morgan fingerprint density at radius 2 is 0.839 bits per heavy atom. The van der Waals surface area contributed by atoms with Gasteiger partial charge in [0.15, 0.2) is 0 Å². The van der Waals surface area contributed by atoms with Crippen LogP contribution in [0.15, 0.2) is 203 Å². The van der Waals surface area contributed by atoms with Gasteiger partial charge in [0.1, 0.15) is 22.3 Å². The van der Waals surface area contributed by atoms with Gasteiger partial charge in [-0.2, -0.15) is 0 Å². The Labute approximate surface area is 333 Å². The van der Waals surface area contributed by atoms with Gasteiger partial charge in [-0.25, -0.2) is 0 Å². The third-order valence-corrected chi connectivity index (χ3v) is 11.1. The number of hydrogen-bond donors (Lipinski definition) is 0. The minimum atomic E-state index is -0.441. The summed E-state index contributed by atoms with van der Waals surface area (Å²) < 4.78 is 86.5. The van der Waals surface area contributed by atoms with Gasteiger partial charge in [0.2, 0.25) is 0 Å². The van der Waals surface area contributed by atoms with E-state index in [2.05, 4.69) is 18.2 Å². The molecule has 0 fully saturated rings. The average molecular weight is 721 g/mol. The second-order valence-corrected chi connectivity index (χ2v) is 14.1. The van der Waals surface area contributed by atoms with Crippen LogP contribution >= 0.6 is 0 Å². The van der Waals surface area contributed by atoms with E-state index in [4.69, 9.17) is 14.3 Å². The molecule has 0 aliphatic rings. The summed E-state index contributed by atoms with van der Waals surface area (Å²) in [5.41, 5.74) is 8.31. The van der Waals surface area contributed by atoms with Crippen molar-refractivity contribution < 1.29 is 19.8 Å². The van der Waals surface area contributed by atoms with Crippen LogP contribution in [0.25, 0.3) is 121 Å². The highest BCUT2D eigenvalue weighted by Gasteiger charge is 2.21. The third-order valence-electron chi connectivity index (χ3n) is 11.1. The van der Waals surface area contributed by atoms with Gasteiger partial charge in [-0.15, -0.1) is 0 Å². The van der Waals surface area contributed by atoms with E-state index in [9.17, 15) is 5.48 Å². The normalized spacial score (nSPS) is 13.9. The molecule has 2 heteroatoms. The highest BCUT2D eigenvalue weighted by atomic mass is 16.3. The summed E-state index contributed by atoms with van der Waals surface area (Å²) in [4.78, 5) is 0. The second-order valence-electron chi connectivity index (χ2n) is 14.1. The van der Waals surface area contributed by atoms with Crippen LogP contribution in [0, 0.1) is 0 Å². The van der Waals surface area contributed by atoms with Crippen molar-refractivity contribution in [2.24, 2.45) is 0 Å². The standard InChI is InChI=1S/C54H32O2/c1-2-13-33(14-3-1)34-15-12-16-36(31-34)51-40-19-6-8-21-42(40)52(43-22-9-7-20-41(43)51)44-28-27-37(38-17-4-5-18-39(38)44)35-25-26-46-50(32-35)56-49-30-29-48-53(54(46)49)45-23-10-11-24-47(45)55-48/h1-32H/i6D,7D,8D,9D,19D,20D,21D,22D. The van der Waals surface area contributed by atoms with Crippen LogP contribution in [0.1, 0.15) is 11.0 Å². The lowest BCUT2D eigenvalue weighted by Gasteiger charge is -2.20. The molecular weight excluding hydrogens is 681 g/mol. The second kappa shape index (κ2) is 12.0. The Hall–Kier alpha value is -7.42. The Morgan fingerprint density at radius 1 is 0.304 bits per heavy atom. The number of fused-ring (bicyclic) bond motifs is 10. The first-order valence-electron chi connectivity index (χ1n) is 22.5. The van der Waals surface area contributed by atoms with Crippen molar-refractivity contribution in [2.45, 2.75) is 0 Å². The van der Waals surface area contributed by atoms with Crippen LogP contribution in [-0.2, 0) is 0 Å². The summed E-state index contributed by atoms with van der Waals surface area (Å²) >= 11 is 0. The van der Waals surface area contributed by atoms with Gasteiger partial charge in [-0.3, -0.25) is 0 Å². The molecule has 0 amide bonds. The van der Waals surface area contributed by atoms with Crippen LogP contribution in [-0.4, -0.2) is 0 Å². The summed E-state index contributed by atoms with van der Waals surface area (Å²) in [6.45, 7) is 0. The number of rotatable bonds is 4. The maximum atomic E-state index is 9.54. The fraction of sp³-hybridized carbons (Fsp3) is 0. The molecule has 0 atom stereocenters. The molecule has 12 aromatic rings. The van der Waals surface area contributed by atoms with Crippen molar-refractivity contribution in [1.29, 1.82) is 0 Å². The summed E-state index contributed by atoms with van der Waals surface area (Å²) in [5, 5.41) is 6.20. The molecule has 0 aliphatic carbocycles. The topological polar surface area (TPSA) is 26.3 Å². The van der Waals surface area contributed by atoms with Gasteiger partial charge >= 0.3 is 0 Å². The van der Waals surface area contributed by atoms with E-state index in [0.29, 0.717) is 27.8 Å². The lowest BCUT2D eigenvalue weighted by molar-refractivity contribution is 0.663. The molecule has 0 saturated carbocycles. The lowest BCUT2D eigenvalue weighted by Crippen LogP contribution is -1.92. The molecule has 0 aliphatic heterocycles. The summed E-state index contributed by atoms with van der Waals surface area (Å²) in [5.74, 6) is 0. The first kappa shape index (κ1) is 24.1. The number of furan rings is 2. The minimum absolute atomic E-state index is 0.170. The predicted molar refractivity (Wildman–Crippen MR) is 235 cm³/mol. The molecule has 12 rings (SSSR count). The van der Waals surface area contributed by atoms with E-state index in [1.807, 2.05) is 127 Å². The molecule has 0 spiro atoms. The molecular formula is C54H32O2. The van der Waals surface area contributed by atoms with Crippen molar-refractivity contribution >= 4 is 76.2 Å². The number of benzene rings is 10. The van der Waals surface area contributed by atoms with Gasteiger partial charge in [0, 0.05) is 21.5 Å². The molecule has 0 radical (unpaired) electrons. The molecule has 2 nitrogen and oxygen atoms in total. The van der Waals surface area contributed by atoms with Crippen LogP contribution in [0.3, 0.4) is 0 Å². The van der Waals surface area contributed by atoms with Crippen molar-refractivity contribution in [3.05, 3.63) is 194 Å². The van der Waals surface area contributed by atoms with E-state index in [1.165, 1.54) is 0 Å². The van der Waals surface area contributed by atoms with E-state index in [-0.39, 0.29) is 45.7 Å². The zero-order chi connectivity index (χ0) is 43.7. The maximum Gasteiger partial charge on any atom is 0.136 e. The summed E-state index contributed by atoms with van der Waals surface area (Å²) in [6, 6.07) is 44.0. The quantitative estimate of drug-likeness (QED) is 0.169. The molecule has 56 heavy (non-hydrogen) atoms. The van der Waals surface area contributed by atoms with Crippen molar-refractivity contribution in [2.75, 3.05) is 0 Å². The first-order chi connectivity index (χ1) is 31.1. The van der Waals surface area contributed by atoms with E-state index in [1.54, 1.807) is 0 Å². The highest BCUT2D eigenvalue weighted by molar-refractivity contribution is 6.27. The Kier molecular flexibility index (Phi) is 5.18. The van der Waals surface area contributed by atoms with Crippen molar-refractivity contribution in [3.63, 3.8) is 0 Å². The van der Waals surface area contributed by atoms with Gasteiger partial charge in [0.05, 0.1) is 11.0 Å². The van der Waals surface area contributed by atoms with Gasteiger partial charge in [0.25, 0.3) is 0 Å². The van der Waals surface area contributed by atoms with Gasteiger partial charge < -0.3 is 8.83 Å². The zero-order valence-corrected chi connectivity index (χ0v) is 29.7. The fourth-order valence-corrected chi connectivity index (χ4v) is 8.69. The SMILES string of the molecule is [2H]c1c([2H])c([2H])c2c(-c3ccc(-c4ccc5c(c4)oc4ccc6oc7ccccc7c6c45)c4ccccc34)c3c([2H])c([2H])c([2H])c([2H])c3c(-c3cccc(-c4ccccc4)c3)c2c1[2H]. The fourth-order valence-electron chi connectivity index (χ4n) is 8.69. The summed E-state index contributed by atoms with van der Waals surface area (Å²) in [6.07, 6.45) is 0. The molecule has 2 heterocycles. The average Bonchev–Trinajstić information content (AvgIpc) is 3.90. The van der Waals surface area contributed by atoms with Crippen LogP contribution in [0.2, 0.25) is 0 Å². The molecule has 0 unspecified atom stereocenters. The van der Waals surface area contributed by atoms with Crippen molar-refractivity contribution in [3.8, 4) is 44.5 Å². The third kappa shape index (κ3) is 4.57. The number of para-hydroxylation sites is 1. The maximum absolute atomic E-state index is 9.54. The smallest absolute Gasteiger partial charge is 0.136 e. The van der Waals surface area contributed by atoms with Crippen LogP contribution in [0.5, 0.6) is 0 Å². The molecule has 260 valence electrons. The van der Waals surface area contributed by atoms with Gasteiger partial charge in [-0.05, 0) is 113 Å². The number of hydrogen-bond acceptors (Lipinski definition) is 2. The Morgan fingerprint density at radius 3 is 1.55 bits per heavy atom. The van der Waals surface area contributed by atoms with Gasteiger partial charge in [-0.1, -0.05) is 158 Å². The molecule has 10 aromatic carbocycles. The molecule has 0 bridgehead atoms. The lowest BCUT2D eigenvalue weighted by atomic mass is 9.83. The predicted octanol–water partition coefficient (Wildman–Crippen LogP) is 15.6. The van der Waals surface area contributed by atoms with Crippen LogP contribution in [0.4, 0.5) is 0 Å². The first-order valence-corrected chi connectivity index (χ1v) is 18.5. The molecule has 2 aromatic heterocycles. The summed E-state index contributed by atoms with van der Waals surface area (Å²) in [7, 11) is 0. The molecule has 0 N–H and O–H groups in total. The zero-order valence-electron chi connectivity index (χ0n) is 37.7. The van der Waals surface area contributed by atoms with Crippen LogP contribution < -0.4 is 0 Å². The molecule has 0 saturated heterocycles. The van der Waals surface area contributed by atoms with E-state index >= 15 is 0 Å². The van der Waals surface area contributed by atoms with Crippen molar-refractivity contribution in [1.82, 2.24) is 0 Å². The monoisotopic (exact) mass is 720 g/mol. The highest BCUT2D eigenvalue weighted by Crippen LogP contribution is 2.47. The largest absolute Gasteiger partial charge is 0.456 e. The Balaban J connectivity index is 1.16. The minimum Gasteiger partial charge on any atom is -0.456 e. The van der Waals surface area contributed by atoms with E-state index in [0.717, 1.165) is 71.3 Å². The van der Waals surface area contributed by atoms with E-state index < -0.39 is 24.2 Å². The Bertz CT molecular complexity index is 3920.